The van der Waals surface area contributed by atoms with E-state index in [0.29, 0.717) is 50.7 Å². The Hall–Kier alpha value is -2.20. The van der Waals surface area contributed by atoms with Gasteiger partial charge in [0.15, 0.2) is 0 Å². The van der Waals surface area contributed by atoms with Gasteiger partial charge in [0.2, 0.25) is 0 Å². The van der Waals surface area contributed by atoms with Gasteiger partial charge in [-0.05, 0) is 105 Å². The number of esters is 1. The molecule has 0 aliphatic heterocycles. The molecule has 40 heavy (non-hydrogen) atoms. The SMILES string of the molecule is O=C(CCC/C=C/C[C@@H]1[C@@H](CC[C@@H](O)CCc2ccccc2)[C@H](O)C[C@@H]1O)Oc1ccc(-c2cc(=S)ss2)cc1. The Balaban J connectivity index is 1.14. The van der Waals surface area contributed by atoms with Crippen LogP contribution in [0.25, 0.3) is 10.4 Å². The summed E-state index contributed by atoms with van der Waals surface area (Å²) in [4.78, 5) is 13.4. The molecule has 1 heterocycles. The van der Waals surface area contributed by atoms with Gasteiger partial charge in [-0.3, -0.25) is 4.79 Å². The zero-order chi connectivity index (χ0) is 28.3. The van der Waals surface area contributed by atoms with E-state index in [9.17, 15) is 20.1 Å². The van der Waals surface area contributed by atoms with Crippen LogP contribution < -0.4 is 4.74 Å². The minimum atomic E-state index is -0.538. The molecule has 5 nitrogen and oxygen atoms in total. The van der Waals surface area contributed by atoms with E-state index in [0.717, 1.165) is 27.1 Å². The molecule has 0 bridgehead atoms. The minimum absolute atomic E-state index is 0.0203. The van der Waals surface area contributed by atoms with Crippen LogP contribution in [0.5, 0.6) is 5.75 Å². The number of carbonyl (C=O) groups excluding carboxylic acids is 1. The molecule has 0 amide bonds. The number of unbranched alkanes of at least 4 members (excludes halogenated alkanes) is 1. The largest absolute Gasteiger partial charge is 0.427 e. The Kier molecular flexibility index (Phi) is 12.1. The molecule has 214 valence electrons. The maximum atomic E-state index is 12.3. The lowest BCUT2D eigenvalue weighted by Gasteiger charge is -2.23. The molecule has 3 aromatic rings. The molecule has 0 unspecified atom stereocenters. The van der Waals surface area contributed by atoms with E-state index < -0.39 is 18.3 Å². The predicted molar refractivity (Wildman–Crippen MR) is 165 cm³/mol. The van der Waals surface area contributed by atoms with Gasteiger partial charge in [-0.15, -0.1) is 0 Å². The van der Waals surface area contributed by atoms with Crippen molar-refractivity contribution in [3.05, 3.63) is 82.2 Å². The minimum Gasteiger partial charge on any atom is -0.427 e. The highest BCUT2D eigenvalue weighted by molar-refractivity contribution is 7.80. The summed E-state index contributed by atoms with van der Waals surface area (Å²) in [6, 6.07) is 19.6. The summed E-state index contributed by atoms with van der Waals surface area (Å²) in [5.74, 6) is 0.236. The van der Waals surface area contributed by atoms with Crippen LogP contribution in [-0.2, 0) is 11.2 Å². The molecule has 5 atom stereocenters. The highest BCUT2D eigenvalue weighted by atomic mass is 32.9. The molecule has 0 radical (unpaired) electrons. The van der Waals surface area contributed by atoms with E-state index in [1.807, 2.05) is 42.5 Å². The summed E-state index contributed by atoms with van der Waals surface area (Å²) in [5.41, 5.74) is 2.27. The number of rotatable bonds is 14. The number of aliphatic hydroxyl groups excluding tert-OH is 3. The Morgan fingerprint density at radius 3 is 2.48 bits per heavy atom. The Bertz CT molecular complexity index is 1270. The van der Waals surface area contributed by atoms with Gasteiger partial charge in [-0.25, -0.2) is 0 Å². The van der Waals surface area contributed by atoms with Crippen molar-refractivity contribution in [3.63, 3.8) is 0 Å². The molecular formula is C32H38O5S3. The Morgan fingerprint density at radius 1 is 1.00 bits per heavy atom. The Morgan fingerprint density at radius 2 is 1.75 bits per heavy atom. The first-order valence-corrected chi connectivity index (χ1v) is 16.6. The van der Waals surface area contributed by atoms with E-state index in [1.165, 1.54) is 5.56 Å². The van der Waals surface area contributed by atoms with Crippen molar-refractivity contribution in [1.29, 1.82) is 0 Å². The van der Waals surface area contributed by atoms with Crippen molar-refractivity contribution in [2.45, 2.75) is 76.1 Å². The fourth-order valence-corrected chi connectivity index (χ4v) is 7.79. The summed E-state index contributed by atoms with van der Waals surface area (Å²) in [7, 11) is 3.21. The smallest absolute Gasteiger partial charge is 0.311 e. The zero-order valence-electron chi connectivity index (χ0n) is 22.6. The first kappa shape index (κ1) is 30.8. The van der Waals surface area contributed by atoms with Crippen LogP contribution in [0, 0.1) is 15.7 Å². The summed E-state index contributed by atoms with van der Waals surface area (Å²) in [6.07, 6.45) is 8.26. The molecule has 0 spiro atoms. The van der Waals surface area contributed by atoms with Crippen molar-refractivity contribution in [2.24, 2.45) is 11.8 Å². The molecule has 8 heteroatoms. The molecule has 2 aromatic carbocycles. The van der Waals surface area contributed by atoms with E-state index >= 15 is 0 Å². The van der Waals surface area contributed by atoms with Gasteiger partial charge in [0.05, 0.1) is 18.3 Å². The summed E-state index contributed by atoms with van der Waals surface area (Å²) in [6.45, 7) is 0. The van der Waals surface area contributed by atoms with Crippen molar-refractivity contribution in [1.82, 2.24) is 0 Å². The molecule has 4 rings (SSSR count). The Labute approximate surface area is 249 Å². The van der Waals surface area contributed by atoms with Crippen LogP contribution in [0.2, 0.25) is 0 Å². The van der Waals surface area contributed by atoms with E-state index in [-0.39, 0.29) is 17.8 Å². The van der Waals surface area contributed by atoms with Crippen LogP contribution in [0.3, 0.4) is 0 Å². The standard InChI is InChI=1S/C32H38O5S3/c33-24(15-12-22-8-4-3-5-9-22)16-19-27-26(28(34)20-29(27)35)10-6-1-2-7-11-31(36)37-25-17-13-23(14-18-25)30-21-32(38)40-39-30/h1,3-6,8-9,13-14,17-18,21,24,26-29,33-35H,2,7,10-12,15-16,19-20H2/b6-1+/t24-,26+,27+,28-,29+/m0/s1. The lowest BCUT2D eigenvalue weighted by Crippen LogP contribution is -2.23. The maximum absolute atomic E-state index is 12.3. The molecule has 3 N–H and O–H groups in total. The van der Waals surface area contributed by atoms with E-state index in [2.05, 4.69) is 18.2 Å². The van der Waals surface area contributed by atoms with Gasteiger partial charge in [0.25, 0.3) is 0 Å². The second-order valence-electron chi connectivity index (χ2n) is 10.5. The van der Waals surface area contributed by atoms with Crippen LogP contribution in [0.15, 0.2) is 72.8 Å². The number of allylic oxidation sites excluding steroid dienone is 2. The molecule has 1 saturated carbocycles. The molecule has 1 aromatic heterocycles. The third-order valence-electron chi connectivity index (χ3n) is 7.62. The lowest BCUT2D eigenvalue weighted by molar-refractivity contribution is -0.134. The monoisotopic (exact) mass is 598 g/mol. The van der Waals surface area contributed by atoms with Crippen molar-refractivity contribution < 1.29 is 24.9 Å². The summed E-state index contributed by atoms with van der Waals surface area (Å²) in [5, 5.41) is 31.5. The average molecular weight is 599 g/mol. The van der Waals surface area contributed by atoms with E-state index in [1.54, 1.807) is 32.8 Å². The molecule has 1 aliphatic rings. The van der Waals surface area contributed by atoms with Crippen molar-refractivity contribution in [2.75, 3.05) is 0 Å². The van der Waals surface area contributed by atoms with Crippen LogP contribution >= 0.6 is 32.9 Å². The third-order valence-corrected chi connectivity index (χ3v) is 10.5. The van der Waals surface area contributed by atoms with Crippen LogP contribution in [0.1, 0.15) is 56.9 Å². The first-order valence-electron chi connectivity index (χ1n) is 14.0. The second-order valence-corrected chi connectivity index (χ2v) is 13.5. The number of hydrogen-bond donors (Lipinski definition) is 3. The molecule has 0 saturated heterocycles. The van der Waals surface area contributed by atoms with Gasteiger partial charge in [-0.2, -0.15) is 0 Å². The van der Waals surface area contributed by atoms with Gasteiger partial charge < -0.3 is 20.1 Å². The molecule has 1 fully saturated rings. The third kappa shape index (κ3) is 9.43. The van der Waals surface area contributed by atoms with Crippen molar-refractivity contribution in [3.8, 4) is 16.2 Å². The fraction of sp³-hybridized carbons (Fsp3) is 0.438. The second kappa shape index (κ2) is 15.7. The van der Waals surface area contributed by atoms with Gasteiger partial charge in [0, 0.05) is 11.3 Å². The number of carbonyl (C=O) groups is 1. The van der Waals surface area contributed by atoms with Gasteiger partial charge in [-0.1, -0.05) is 75.4 Å². The topological polar surface area (TPSA) is 87.0 Å². The quantitative estimate of drug-likeness (QED) is 0.0449. The highest BCUT2D eigenvalue weighted by Crippen LogP contribution is 2.38. The predicted octanol–water partition coefficient (Wildman–Crippen LogP) is 7.36. The van der Waals surface area contributed by atoms with Crippen LogP contribution in [0.4, 0.5) is 0 Å². The van der Waals surface area contributed by atoms with E-state index in [4.69, 9.17) is 17.0 Å². The van der Waals surface area contributed by atoms with Crippen LogP contribution in [-0.4, -0.2) is 39.6 Å². The first-order chi connectivity index (χ1) is 19.4. The number of aliphatic hydroxyl groups is 3. The number of ether oxygens (including phenoxy) is 1. The molecule has 1 aliphatic carbocycles. The normalized spacial score (nSPS) is 21.6. The van der Waals surface area contributed by atoms with Gasteiger partial charge in [0.1, 0.15) is 9.57 Å². The number of benzene rings is 2. The summed E-state index contributed by atoms with van der Waals surface area (Å²) >= 11 is 5.19. The zero-order valence-corrected chi connectivity index (χ0v) is 25.0. The summed E-state index contributed by atoms with van der Waals surface area (Å²) < 4.78 is 6.33. The fourth-order valence-electron chi connectivity index (χ4n) is 5.39. The average Bonchev–Trinajstić information content (AvgIpc) is 3.50. The number of hydrogen-bond acceptors (Lipinski definition) is 8. The lowest BCUT2D eigenvalue weighted by atomic mass is 9.85. The van der Waals surface area contributed by atoms with Crippen molar-refractivity contribution >= 4 is 38.9 Å². The molecular weight excluding hydrogens is 561 g/mol. The maximum Gasteiger partial charge on any atom is 0.311 e. The highest BCUT2D eigenvalue weighted by Gasteiger charge is 2.40. The number of aryl methyl sites for hydroxylation is 1. The van der Waals surface area contributed by atoms with Gasteiger partial charge >= 0.3 is 5.97 Å².